The van der Waals surface area contributed by atoms with Gasteiger partial charge >= 0.3 is 0 Å². The molecule has 2 atom stereocenters. The van der Waals surface area contributed by atoms with E-state index in [-0.39, 0.29) is 0 Å². The number of furan rings is 1. The van der Waals surface area contributed by atoms with Crippen LogP contribution in [0.4, 0.5) is 0 Å². The Bertz CT molecular complexity index is 386. The van der Waals surface area contributed by atoms with Crippen molar-refractivity contribution in [3.05, 3.63) is 23.7 Å². The molecule has 1 N–H and O–H groups in total. The van der Waals surface area contributed by atoms with Crippen LogP contribution in [0.5, 0.6) is 0 Å². The number of rotatable bonds is 4. The van der Waals surface area contributed by atoms with Gasteiger partial charge in [-0.1, -0.05) is 20.3 Å². The van der Waals surface area contributed by atoms with E-state index in [4.69, 9.17) is 4.42 Å². The molecule has 3 nitrogen and oxygen atoms in total. The highest BCUT2D eigenvalue weighted by atomic mass is 16.3. The standard InChI is InChI=1S/C16H28N2O/c1-12(2)17-11-14-7-5-6-10-18(4)16(14)15-9-8-13(3)19-15/h8-9,12,14,16-17H,5-7,10-11H2,1-4H3. The summed E-state index contributed by atoms with van der Waals surface area (Å²) in [6.07, 6.45) is 3.91. The molecule has 0 spiro atoms. The summed E-state index contributed by atoms with van der Waals surface area (Å²) in [5.74, 6) is 2.79. The van der Waals surface area contributed by atoms with Gasteiger partial charge in [-0.2, -0.15) is 0 Å². The number of hydrogen-bond donors (Lipinski definition) is 1. The molecule has 1 fully saturated rings. The van der Waals surface area contributed by atoms with Crippen LogP contribution in [0, 0.1) is 12.8 Å². The largest absolute Gasteiger partial charge is 0.465 e. The summed E-state index contributed by atoms with van der Waals surface area (Å²) in [6.45, 7) is 8.70. The third-order valence-electron chi connectivity index (χ3n) is 4.10. The number of aryl methyl sites for hydroxylation is 1. The smallest absolute Gasteiger partial charge is 0.121 e. The van der Waals surface area contributed by atoms with Gasteiger partial charge in [0, 0.05) is 12.6 Å². The highest BCUT2D eigenvalue weighted by Crippen LogP contribution is 2.34. The number of nitrogens with zero attached hydrogens (tertiary/aromatic N) is 1. The van der Waals surface area contributed by atoms with Gasteiger partial charge in [0.15, 0.2) is 0 Å². The molecule has 2 unspecified atom stereocenters. The molecule has 108 valence electrons. The van der Waals surface area contributed by atoms with Crippen molar-refractivity contribution in [2.24, 2.45) is 5.92 Å². The predicted molar refractivity (Wildman–Crippen MR) is 79.3 cm³/mol. The molecule has 0 aliphatic carbocycles. The van der Waals surface area contributed by atoms with Crippen LogP contribution in [0.1, 0.15) is 50.7 Å². The Labute approximate surface area is 117 Å². The summed E-state index contributed by atoms with van der Waals surface area (Å²) in [7, 11) is 2.23. The van der Waals surface area contributed by atoms with Gasteiger partial charge in [0.1, 0.15) is 11.5 Å². The monoisotopic (exact) mass is 264 g/mol. The van der Waals surface area contributed by atoms with Crippen molar-refractivity contribution in [3.8, 4) is 0 Å². The summed E-state index contributed by atoms with van der Waals surface area (Å²) in [4.78, 5) is 2.47. The molecule has 1 saturated heterocycles. The number of hydrogen-bond acceptors (Lipinski definition) is 3. The molecule has 3 heteroatoms. The van der Waals surface area contributed by atoms with Crippen molar-refractivity contribution in [1.29, 1.82) is 0 Å². The van der Waals surface area contributed by atoms with Crippen molar-refractivity contribution in [2.45, 2.75) is 52.1 Å². The Kier molecular flexibility index (Phi) is 5.06. The van der Waals surface area contributed by atoms with Crippen LogP contribution in [-0.2, 0) is 0 Å². The van der Waals surface area contributed by atoms with Gasteiger partial charge in [0.2, 0.25) is 0 Å². The Balaban J connectivity index is 2.15. The zero-order valence-electron chi connectivity index (χ0n) is 12.8. The van der Waals surface area contributed by atoms with Crippen LogP contribution in [0.3, 0.4) is 0 Å². The third-order valence-corrected chi connectivity index (χ3v) is 4.10. The Morgan fingerprint density at radius 1 is 1.37 bits per heavy atom. The number of nitrogens with one attached hydrogen (secondary N) is 1. The second-order valence-corrected chi connectivity index (χ2v) is 6.19. The fourth-order valence-electron chi connectivity index (χ4n) is 3.09. The first-order valence-electron chi connectivity index (χ1n) is 7.58. The molecular weight excluding hydrogens is 236 g/mol. The molecule has 0 bridgehead atoms. The first kappa shape index (κ1) is 14.6. The van der Waals surface area contributed by atoms with Gasteiger partial charge < -0.3 is 9.73 Å². The maximum atomic E-state index is 5.92. The fourth-order valence-corrected chi connectivity index (χ4v) is 3.09. The summed E-state index contributed by atoms with van der Waals surface area (Å²) in [5, 5.41) is 3.60. The molecule has 1 aromatic rings. The summed E-state index contributed by atoms with van der Waals surface area (Å²) in [6, 6.07) is 5.21. The van der Waals surface area contributed by atoms with E-state index >= 15 is 0 Å². The van der Waals surface area contributed by atoms with Crippen molar-refractivity contribution in [1.82, 2.24) is 10.2 Å². The van der Waals surface area contributed by atoms with Gasteiger partial charge in [0.05, 0.1) is 6.04 Å². The van der Waals surface area contributed by atoms with E-state index in [9.17, 15) is 0 Å². The summed E-state index contributed by atoms with van der Waals surface area (Å²) >= 11 is 0. The third kappa shape index (κ3) is 3.83. The zero-order chi connectivity index (χ0) is 13.8. The second kappa shape index (κ2) is 6.58. The Morgan fingerprint density at radius 3 is 2.79 bits per heavy atom. The Hall–Kier alpha value is -0.800. The van der Waals surface area contributed by atoms with E-state index in [0.29, 0.717) is 18.0 Å². The highest BCUT2D eigenvalue weighted by Gasteiger charge is 2.31. The highest BCUT2D eigenvalue weighted by molar-refractivity contribution is 5.11. The minimum Gasteiger partial charge on any atom is -0.465 e. The molecule has 19 heavy (non-hydrogen) atoms. The zero-order valence-corrected chi connectivity index (χ0v) is 12.8. The predicted octanol–water partition coefficient (Wildman–Crippen LogP) is 3.36. The second-order valence-electron chi connectivity index (χ2n) is 6.19. The van der Waals surface area contributed by atoms with Gasteiger partial charge in [-0.05, 0) is 51.4 Å². The van der Waals surface area contributed by atoms with Gasteiger partial charge in [0.25, 0.3) is 0 Å². The molecule has 0 aromatic carbocycles. The molecule has 2 rings (SSSR count). The van der Waals surface area contributed by atoms with Crippen molar-refractivity contribution in [3.63, 3.8) is 0 Å². The minimum atomic E-state index is 0.419. The van der Waals surface area contributed by atoms with Gasteiger partial charge in [-0.15, -0.1) is 0 Å². The van der Waals surface area contributed by atoms with Crippen LogP contribution in [0.25, 0.3) is 0 Å². The maximum absolute atomic E-state index is 5.92. The maximum Gasteiger partial charge on any atom is 0.121 e. The average molecular weight is 264 g/mol. The van der Waals surface area contributed by atoms with E-state index < -0.39 is 0 Å². The van der Waals surface area contributed by atoms with Gasteiger partial charge in [-0.3, -0.25) is 4.90 Å². The summed E-state index contributed by atoms with van der Waals surface area (Å²) in [5.41, 5.74) is 0. The molecule has 0 radical (unpaired) electrons. The van der Waals surface area contributed by atoms with Crippen LogP contribution in [0.15, 0.2) is 16.5 Å². The van der Waals surface area contributed by atoms with Crippen LogP contribution >= 0.6 is 0 Å². The lowest BCUT2D eigenvalue weighted by molar-refractivity contribution is 0.160. The van der Waals surface area contributed by atoms with Crippen molar-refractivity contribution in [2.75, 3.05) is 20.1 Å². The molecular formula is C16H28N2O. The quantitative estimate of drug-likeness (QED) is 0.904. The lowest BCUT2D eigenvalue weighted by Gasteiger charge is -2.31. The van der Waals surface area contributed by atoms with Crippen LogP contribution < -0.4 is 5.32 Å². The Morgan fingerprint density at radius 2 is 2.16 bits per heavy atom. The van der Waals surface area contributed by atoms with E-state index in [0.717, 1.165) is 18.1 Å². The van der Waals surface area contributed by atoms with Gasteiger partial charge in [-0.25, -0.2) is 0 Å². The topological polar surface area (TPSA) is 28.4 Å². The van der Waals surface area contributed by atoms with Crippen molar-refractivity contribution >= 4 is 0 Å². The SMILES string of the molecule is Cc1ccc(C2C(CNC(C)C)CCCCN2C)o1. The molecule has 0 amide bonds. The molecule has 0 saturated carbocycles. The van der Waals surface area contributed by atoms with E-state index in [1.807, 2.05) is 6.92 Å². The lowest BCUT2D eigenvalue weighted by Crippen LogP contribution is -2.36. The fraction of sp³-hybridized carbons (Fsp3) is 0.750. The minimum absolute atomic E-state index is 0.419. The summed E-state index contributed by atoms with van der Waals surface area (Å²) < 4.78 is 5.92. The van der Waals surface area contributed by atoms with E-state index in [2.05, 4.69) is 43.2 Å². The normalized spacial score (nSPS) is 25.7. The molecule has 1 aliphatic heterocycles. The molecule has 2 heterocycles. The first-order valence-corrected chi connectivity index (χ1v) is 7.58. The number of likely N-dealkylation sites (tertiary alicyclic amines) is 1. The average Bonchev–Trinajstić information content (AvgIpc) is 2.67. The van der Waals surface area contributed by atoms with E-state index in [1.165, 1.54) is 25.8 Å². The van der Waals surface area contributed by atoms with Crippen LogP contribution in [0.2, 0.25) is 0 Å². The van der Waals surface area contributed by atoms with Crippen molar-refractivity contribution < 1.29 is 4.42 Å². The lowest BCUT2D eigenvalue weighted by atomic mass is 9.92. The molecule has 1 aromatic heterocycles. The first-order chi connectivity index (χ1) is 9.08. The molecule has 1 aliphatic rings. The van der Waals surface area contributed by atoms with E-state index in [1.54, 1.807) is 0 Å². The van der Waals surface area contributed by atoms with Crippen LogP contribution in [-0.4, -0.2) is 31.1 Å².